The van der Waals surface area contributed by atoms with E-state index in [9.17, 15) is 5.11 Å². The predicted molar refractivity (Wildman–Crippen MR) is 76.3 cm³/mol. The van der Waals surface area contributed by atoms with Gasteiger partial charge in [-0.1, -0.05) is 6.07 Å². The van der Waals surface area contributed by atoms with Gasteiger partial charge in [-0.3, -0.25) is 0 Å². The number of halogens is 1. The van der Waals surface area contributed by atoms with Gasteiger partial charge in [0.05, 0.1) is 15.7 Å². The molecule has 0 unspecified atom stereocenters. The monoisotopic (exact) mass is 312 g/mol. The fourth-order valence-electron chi connectivity index (χ4n) is 1.89. The zero-order valence-electron chi connectivity index (χ0n) is 11.4. The third-order valence-electron chi connectivity index (χ3n) is 3.78. The average molecular weight is 313 g/mol. The van der Waals surface area contributed by atoms with Crippen molar-refractivity contribution >= 4 is 28.5 Å². The Balaban J connectivity index is 2.36. The number of hydrogen-bond donors (Lipinski definition) is 1. The summed E-state index contributed by atoms with van der Waals surface area (Å²) in [6, 6.07) is 3.64. The van der Waals surface area contributed by atoms with Crippen LogP contribution in [0.2, 0.25) is 0 Å². The van der Waals surface area contributed by atoms with Gasteiger partial charge in [-0.05, 0) is 67.6 Å². The first-order chi connectivity index (χ1) is 8.14. The third kappa shape index (κ3) is 2.19. The minimum atomic E-state index is -0.437. The van der Waals surface area contributed by atoms with Crippen molar-refractivity contribution in [1.29, 1.82) is 0 Å². The molecule has 0 bridgehead atoms. The van der Waals surface area contributed by atoms with Crippen molar-refractivity contribution in [3.8, 4) is 5.75 Å². The molecule has 0 aliphatic carbocycles. The molecule has 1 fully saturated rings. The van der Waals surface area contributed by atoms with Crippen LogP contribution in [0.5, 0.6) is 5.75 Å². The molecule has 1 aliphatic heterocycles. The van der Waals surface area contributed by atoms with Crippen molar-refractivity contribution in [3.05, 3.63) is 22.2 Å². The molecule has 2 rings (SSSR count). The SMILES string of the molecule is Cc1cc(B2OC(C)(C)C(C)(C)O2)cc(O)c1Br. The van der Waals surface area contributed by atoms with E-state index < -0.39 is 7.12 Å². The fraction of sp³-hybridized carbons (Fsp3) is 0.538. The van der Waals surface area contributed by atoms with E-state index in [1.165, 1.54) is 0 Å². The van der Waals surface area contributed by atoms with Gasteiger partial charge in [0.2, 0.25) is 0 Å². The highest BCUT2D eigenvalue weighted by molar-refractivity contribution is 9.10. The van der Waals surface area contributed by atoms with Crippen molar-refractivity contribution in [2.75, 3.05) is 0 Å². The van der Waals surface area contributed by atoms with Crippen LogP contribution in [0.1, 0.15) is 33.3 Å². The van der Waals surface area contributed by atoms with E-state index in [1.807, 2.05) is 40.7 Å². The first-order valence-electron chi connectivity index (χ1n) is 5.99. The van der Waals surface area contributed by atoms with Gasteiger partial charge in [-0.2, -0.15) is 0 Å². The summed E-state index contributed by atoms with van der Waals surface area (Å²) in [5, 5.41) is 9.84. The Morgan fingerprint density at radius 3 is 2.06 bits per heavy atom. The average Bonchev–Trinajstić information content (AvgIpc) is 2.44. The first kappa shape index (κ1) is 13.9. The zero-order chi connectivity index (χ0) is 13.7. The summed E-state index contributed by atoms with van der Waals surface area (Å²) in [4.78, 5) is 0. The molecule has 98 valence electrons. The Morgan fingerprint density at radius 2 is 1.61 bits per heavy atom. The Bertz CT molecular complexity index is 446. The molecule has 0 aromatic heterocycles. The van der Waals surface area contributed by atoms with Crippen LogP contribution < -0.4 is 5.46 Å². The topological polar surface area (TPSA) is 38.7 Å². The summed E-state index contributed by atoms with van der Waals surface area (Å²) < 4.78 is 12.6. The summed E-state index contributed by atoms with van der Waals surface area (Å²) >= 11 is 3.34. The maximum absolute atomic E-state index is 9.84. The van der Waals surface area contributed by atoms with Crippen molar-refractivity contribution in [2.45, 2.75) is 45.8 Å². The number of benzene rings is 1. The summed E-state index contributed by atoms with van der Waals surface area (Å²) in [6.07, 6.45) is 0. The van der Waals surface area contributed by atoms with Crippen LogP contribution in [0.15, 0.2) is 16.6 Å². The molecule has 1 heterocycles. The lowest BCUT2D eigenvalue weighted by Gasteiger charge is -2.32. The standard InChI is InChI=1S/C13H18BBrO3/c1-8-6-9(7-10(16)11(8)15)14-17-12(2,3)13(4,5)18-14/h6-7,16H,1-5H3. The molecule has 18 heavy (non-hydrogen) atoms. The molecule has 5 heteroatoms. The van der Waals surface area contributed by atoms with Crippen LogP contribution in [0.25, 0.3) is 0 Å². The fourth-order valence-corrected chi connectivity index (χ4v) is 2.12. The van der Waals surface area contributed by atoms with Gasteiger partial charge in [0, 0.05) is 0 Å². The summed E-state index contributed by atoms with van der Waals surface area (Å²) in [5.41, 5.74) is 1.06. The van der Waals surface area contributed by atoms with Crippen LogP contribution in [0, 0.1) is 6.92 Å². The second-order valence-electron chi connectivity index (χ2n) is 5.76. The van der Waals surface area contributed by atoms with Crippen molar-refractivity contribution in [1.82, 2.24) is 0 Å². The first-order valence-corrected chi connectivity index (χ1v) is 6.78. The largest absolute Gasteiger partial charge is 0.507 e. The van der Waals surface area contributed by atoms with Crippen LogP contribution in [0.3, 0.4) is 0 Å². The smallest absolute Gasteiger partial charge is 0.494 e. The number of aromatic hydroxyl groups is 1. The normalized spacial score (nSPS) is 21.3. The minimum absolute atomic E-state index is 0.208. The van der Waals surface area contributed by atoms with E-state index in [2.05, 4.69) is 15.9 Å². The zero-order valence-corrected chi connectivity index (χ0v) is 13.0. The van der Waals surface area contributed by atoms with Gasteiger partial charge in [0.15, 0.2) is 0 Å². The van der Waals surface area contributed by atoms with Crippen molar-refractivity contribution in [3.63, 3.8) is 0 Å². The molecular formula is C13H18BBrO3. The second-order valence-corrected chi connectivity index (χ2v) is 6.55. The Labute approximate surface area is 117 Å². The molecule has 1 aliphatic rings. The third-order valence-corrected chi connectivity index (χ3v) is 4.81. The highest BCUT2D eigenvalue weighted by Gasteiger charge is 2.51. The molecule has 3 nitrogen and oxygen atoms in total. The summed E-state index contributed by atoms with van der Waals surface area (Å²) in [5.74, 6) is 0.208. The van der Waals surface area contributed by atoms with Gasteiger partial charge < -0.3 is 14.4 Å². The Morgan fingerprint density at radius 1 is 1.11 bits per heavy atom. The number of rotatable bonds is 1. The molecule has 0 amide bonds. The molecule has 1 saturated heterocycles. The highest BCUT2D eigenvalue weighted by atomic mass is 79.9. The molecule has 0 atom stereocenters. The van der Waals surface area contributed by atoms with Crippen LogP contribution >= 0.6 is 15.9 Å². The summed E-state index contributed by atoms with van der Waals surface area (Å²) in [6.45, 7) is 9.98. The van der Waals surface area contributed by atoms with E-state index >= 15 is 0 Å². The van der Waals surface area contributed by atoms with Gasteiger partial charge in [0.25, 0.3) is 0 Å². The maximum Gasteiger partial charge on any atom is 0.494 e. The number of phenols is 1. The lowest BCUT2D eigenvalue weighted by Crippen LogP contribution is -2.41. The van der Waals surface area contributed by atoms with E-state index in [0.717, 1.165) is 11.0 Å². The lowest BCUT2D eigenvalue weighted by atomic mass is 9.78. The Hall–Kier alpha value is -0.515. The maximum atomic E-state index is 9.84. The highest BCUT2D eigenvalue weighted by Crippen LogP contribution is 2.37. The predicted octanol–water partition coefficient (Wildman–Crippen LogP) is 2.76. The molecule has 0 radical (unpaired) electrons. The quantitative estimate of drug-likeness (QED) is 0.810. The lowest BCUT2D eigenvalue weighted by molar-refractivity contribution is 0.00578. The van der Waals surface area contributed by atoms with Gasteiger partial charge >= 0.3 is 7.12 Å². The van der Waals surface area contributed by atoms with Crippen molar-refractivity contribution in [2.24, 2.45) is 0 Å². The molecule has 1 aromatic rings. The molecule has 0 spiro atoms. The van der Waals surface area contributed by atoms with Gasteiger partial charge in [0.1, 0.15) is 5.75 Å². The number of phenolic OH excluding ortho intramolecular Hbond substituents is 1. The molecule has 0 saturated carbocycles. The molecule has 1 aromatic carbocycles. The van der Waals surface area contributed by atoms with Gasteiger partial charge in [-0.25, -0.2) is 0 Å². The minimum Gasteiger partial charge on any atom is -0.507 e. The second kappa shape index (κ2) is 4.25. The van der Waals surface area contributed by atoms with Crippen LogP contribution in [0.4, 0.5) is 0 Å². The van der Waals surface area contributed by atoms with Crippen LogP contribution in [-0.2, 0) is 9.31 Å². The van der Waals surface area contributed by atoms with Crippen molar-refractivity contribution < 1.29 is 14.4 Å². The summed E-state index contributed by atoms with van der Waals surface area (Å²) in [7, 11) is -0.437. The van der Waals surface area contributed by atoms with Crippen LogP contribution in [-0.4, -0.2) is 23.4 Å². The van der Waals surface area contributed by atoms with E-state index in [-0.39, 0.29) is 17.0 Å². The van der Waals surface area contributed by atoms with E-state index in [0.29, 0.717) is 4.47 Å². The van der Waals surface area contributed by atoms with E-state index in [1.54, 1.807) is 6.07 Å². The molecule has 1 N–H and O–H groups in total. The van der Waals surface area contributed by atoms with E-state index in [4.69, 9.17) is 9.31 Å². The number of hydrogen-bond acceptors (Lipinski definition) is 3. The van der Waals surface area contributed by atoms with Gasteiger partial charge in [-0.15, -0.1) is 0 Å². The Kier molecular flexibility index (Phi) is 3.29. The number of aryl methyl sites for hydroxylation is 1. The molecular weight excluding hydrogens is 295 g/mol.